The Kier molecular flexibility index (Phi) is 4.01. The van der Waals surface area contributed by atoms with E-state index in [-0.39, 0.29) is 16.6 Å². The SMILES string of the molecule is Cc1cc(C(Cl)C2(C)CCCCC2)cc(C)c1F. The zero-order chi connectivity index (χ0) is 13.3. The Labute approximate surface area is 115 Å². The summed E-state index contributed by atoms with van der Waals surface area (Å²) in [6.07, 6.45) is 6.20. The predicted octanol–water partition coefficient (Wildman–Crippen LogP) is 5.69. The van der Waals surface area contributed by atoms with E-state index in [0.717, 1.165) is 5.56 Å². The van der Waals surface area contributed by atoms with Crippen LogP contribution in [-0.2, 0) is 0 Å². The smallest absolute Gasteiger partial charge is 0.129 e. The van der Waals surface area contributed by atoms with Crippen LogP contribution in [0.15, 0.2) is 12.1 Å². The van der Waals surface area contributed by atoms with Gasteiger partial charge in [-0.05, 0) is 48.8 Å². The Morgan fingerprint density at radius 2 is 1.61 bits per heavy atom. The Balaban J connectivity index is 2.30. The molecule has 1 atom stereocenters. The summed E-state index contributed by atoms with van der Waals surface area (Å²) < 4.78 is 13.7. The quantitative estimate of drug-likeness (QED) is 0.604. The number of rotatable bonds is 2. The fourth-order valence-electron chi connectivity index (χ4n) is 3.14. The predicted molar refractivity (Wildman–Crippen MR) is 75.7 cm³/mol. The minimum atomic E-state index is -0.101. The van der Waals surface area contributed by atoms with Crippen LogP contribution in [0.1, 0.15) is 61.1 Å². The van der Waals surface area contributed by atoms with Gasteiger partial charge in [-0.1, -0.05) is 38.3 Å². The van der Waals surface area contributed by atoms with Crippen LogP contribution >= 0.6 is 11.6 Å². The van der Waals surface area contributed by atoms with Gasteiger partial charge in [-0.3, -0.25) is 0 Å². The lowest BCUT2D eigenvalue weighted by Crippen LogP contribution is -2.25. The summed E-state index contributed by atoms with van der Waals surface area (Å²) in [5.74, 6) is -0.101. The van der Waals surface area contributed by atoms with Crippen LogP contribution in [-0.4, -0.2) is 0 Å². The van der Waals surface area contributed by atoms with Gasteiger partial charge in [-0.15, -0.1) is 11.6 Å². The van der Waals surface area contributed by atoms with Crippen molar-refractivity contribution in [1.82, 2.24) is 0 Å². The first-order valence-corrected chi connectivity index (χ1v) is 7.28. The first kappa shape index (κ1) is 13.9. The normalized spacial score (nSPS) is 20.7. The van der Waals surface area contributed by atoms with Gasteiger partial charge in [0.05, 0.1) is 5.38 Å². The van der Waals surface area contributed by atoms with Crippen LogP contribution in [0.2, 0.25) is 0 Å². The van der Waals surface area contributed by atoms with E-state index in [9.17, 15) is 4.39 Å². The van der Waals surface area contributed by atoms with Crippen molar-refractivity contribution in [1.29, 1.82) is 0 Å². The Morgan fingerprint density at radius 1 is 1.11 bits per heavy atom. The van der Waals surface area contributed by atoms with Gasteiger partial charge in [0.2, 0.25) is 0 Å². The first-order valence-electron chi connectivity index (χ1n) is 6.85. The third-order valence-corrected chi connectivity index (χ3v) is 5.14. The molecule has 1 unspecified atom stereocenters. The van der Waals surface area contributed by atoms with Crippen LogP contribution in [0.5, 0.6) is 0 Å². The van der Waals surface area contributed by atoms with Gasteiger partial charge in [0.1, 0.15) is 5.82 Å². The van der Waals surface area contributed by atoms with E-state index in [4.69, 9.17) is 11.6 Å². The average Bonchev–Trinajstić information content (AvgIpc) is 2.35. The van der Waals surface area contributed by atoms with Crippen molar-refractivity contribution >= 4 is 11.6 Å². The molecule has 0 nitrogen and oxygen atoms in total. The van der Waals surface area contributed by atoms with Crippen molar-refractivity contribution in [2.45, 2.75) is 58.3 Å². The number of hydrogen-bond donors (Lipinski definition) is 0. The number of hydrogen-bond acceptors (Lipinski definition) is 0. The lowest BCUT2D eigenvalue weighted by molar-refractivity contribution is 0.206. The molecule has 0 spiro atoms. The average molecular weight is 269 g/mol. The lowest BCUT2D eigenvalue weighted by atomic mass is 9.71. The van der Waals surface area contributed by atoms with E-state index in [2.05, 4.69) is 6.92 Å². The molecule has 18 heavy (non-hydrogen) atoms. The number of alkyl halides is 1. The second-order valence-corrected chi connectivity index (χ2v) is 6.48. The summed E-state index contributed by atoms with van der Waals surface area (Å²) >= 11 is 6.70. The summed E-state index contributed by atoms with van der Waals surface area (Å²) in [4.78, 5) is 0. The highest BCUT2D eigenvalue weighted by molar-refractivity contribution is 6.21. The van der Waals surface area contributed by atoms with Gasteiger partial charge in [-0.25, -0.2) is 4.39 Å². The molecule has 1 aliphatic rings. The molecular formula is C16H22ClF. The Bertz CT molecular complexity index is 410. The second-order valence-electron chi connectivity index (χ2n) is 6.05. The molecule has 1 fully saturated rings. The van der Waals surface area contributed by atoms with Gasteiger partial charge >= 0.3 is 0 Å². The highest BCUT2D eigenvalue weighted by Gasteiger charge is 2.35. The van der Waals surface area contributed by atoms with Crippen LogP contribution in [0, 0.1) is 25.1 Å². The van der Waals surface area contributed by atoms with Crippen molar-refractivity contribution < 1.29 is 4.39 Å². The van der Waals surface area contributed by atoms with Gasteiger partial charge < -0.3 is 0 Å². The van der Waals surface area contributed by atoms with E-state index in [1.807, 2.05) is 26.0 Å². The Hall–Kier alpha value is -0.560. The van der Waals surface area contributed by atoms with E-state index < -0.39 is 0 Å². The van der Waals surface area contributed by atoms with Crippen molar-refractivity contribution in [3.8, 4) is 0 Å². The van der Waals surface area contributed by atoms with Crippen molar-refractivity contribution in [2.24, 2.45) is 5.41 Å². The summed E-state index contributed by atoms with van der Waals surface area (Å²) in [6, 6.07) is 3.83. The highest BCUT2D eigenvalue weighted by Crippen LogP contribution is 2.49. The third kappa shape index (κ3) is 2.56. The molecule has 0 bridgehead atoms. The molecule has 0 radical (unpaired) electrons. The zero-order valence-electron chi connectivity index (χ0n) is 11.5. The highest BCUT2D eigenvalue weighted by atomic mass is 35.5. The number of aryl methyl sites for hydroxylation is 2. The topological polar surface area (TPSA) is 0 Å². The van der Waals surface area contributed by atoms with Crippen molar-refractivity contribution in [2.75, 3.05) is 0 Å². The molecule has 1 aliphatic carbocycles. The molecule has 0 N–H and O–H groups in total. The van der Waals surface area contributed by atoms with Crippen molar-refractivity contribution in [3.05, 3.63) is 34.6 Å². The van der Waals surface area contributed by atoms with Gasteiger partial charge in [0, 0.05) is 0 Å². The van der Waals surface area contributed by atoms with Crippen molar-refractivity contribution in [3.63, 3.8) is 0 Å². The lowest BCUT2D eigenvalue weighted by Gasteiger charge is -2.38. The monoisotopic (exact) mass is 268 g/mol. The molecular weight excluding hydrogens is 247 g/mol. The number of halogens is 2. The molecule has 0 saturated heterocycles. The molecule has 0 amide bonds. The Morgan fingerprint density at radius 3 is 2.11 bits per heavy atom. The maximum atomic E-state index is 13.7. The number of benzene rings is 1. The fourth-order valence-corrected chi connectivity index (χ4v) is 3.49. The summed E-state index contributed by atoms with van der Waals surface area (Å²) in [5.41, 5.74) is 2.65. The molecule has 1 aromatic rings. The molecule has 1 saturated carbocycles. The third-order valence-electron chi connectivity index (χ3n) is 4.36. The van der Waals surface area contributed by atoms with Crippen LogP contribution in [0.4, 0.5) is 4.39 Å². The molecule has 0 aromatic heterocycles. The van der Waals surface area contributed by atoms with E-state index >= 15 is 0 Å². The maximum absolute atomic E-state index is 13.7. The minimum Gasteiger partial charge on any atom is -0.206 e. The summed E-state index contributed by atoms with van der Waals surface area (Å²) in [7, 11) is 0. The van der Waals surface area contributed by atoms with Crippen LogP contribution < -0.4 is 0 Å². The maximum Gasteiger partial charge on any atom is 0.129 e. The summed E-state index contributed by atoms with van der Waals surface area (Å²) in [6.45, 7) is 5.91. The van der Waals surface area contributed by atoms with E-state index in [0.29, 0.717) is 11.1 Å². The second kappa shape index (κ2) is 5.21. The minimum absolute atomic E-state index is 0.00389. The summed E-state index contributed by atoms with van der Waals surface area (Å²) in [5, 5.41) is -0.00389. The van der Waals surface area contributed by atoms with Crippen LogP contribution in [0.3, 0.4) is 0 Å². The van der Waals surface area contributed by atoms with Gasteiger partial charge in [0.25, 0.3) is 0 Å². The van der Waals surface area contributed by atoms with Gasteiger partial charge in [-0.2, -0.15) is 0 Å². The van der Waals surface area contributed by atoms with E-state index in [1.54, 1.807) is 0 Å². The fraction of sp³-hybridized carbons (Fsp3) is 0.625. The molecule has 100 valence electrons. The molecule has 0 heterocycles. The zero-order valence-corrected chi connectivity index (χ0v) is 12.3. The first-order chi connectivity index (χ1) is 8.44. The largest absolute Gasteiger partial charge is 0.206 e. The molecule has 2 heteroatoms. The standard InChI is InChI=1S/C16H22ClF/c1-11-9-13(10-12(2)14(11)18)15(17)16(3)7-5-4-6-8-16/h9-10,15H,4-8H2,1-3H3. The van der Waals surface area contributed by atoms with Gasteiger partial charge in [0.15, 0.2) is 0 Å². The molecule has 1 aromatic carbocycles. The van der Waals surface area contributed by atoms with Crippen LogP contribution in [0.25, 0.3) is 0 Å². The molecule has 0 aliphatic heterocycles. The van der Waals surface area contributed by atoms with E-state index in [1.165, 1.54) is 32.1 Å². The molecule has 2 rings (SSSR count).